The zero-order chi connectivity index (χ0) is 10.8. The SMILES string of the molecule is NC(=O)c1cnn(CCC(F)(F)F)n1. The second-order valence-corrected chi connectivity index (χ2v) is 2.56. The summed E-state index contributed by atoms with van der Waals surface area (Å²) in [5.74, 6) is -0.816. The first-order chi connectivity index (χ1) is 6.38. The minimum Gasteiger partial charge on any atom is -0.364 e. The van der Waals surface area contributed by atoms with Gasteiger partial charge in [0.25, 0.3) is 5.91 Å². The molecule has 1 aromatic heterocycles. The monoisotopic (exact) mass is 208 g/mol. The fourth-order valence-corrected chi connectivity index (χ4v) is 0.745. The predicted molar refractivity (Wildman–Crippen MR) is 39.2 cm³/mol. The van der Waals surface area contributed by atoms with Crippen LogP contribution in [0.15, 0.2) is 6.20 Å². The first-order valence-electron chi connectivity index (χ1n) is 3.65. The lowest BCUT2D eigenvalue weighted by molar-refractivity contribution is -0.137. The van der Waals surface area contributed by atoms with Crippen molar-refractivity contribution in [2.45, 2.75) is 19.1 Å². The summed E-state index contributed by atoms with van der Waals surface area (Å²) < 4.78 is 35.2. The number of hydrogen-bond acceptors (Lipinski definition) is 3. The van der Waals surface area contributed by atoms with E-state index in [1.54, 1.807) is 0 Å². The maximum absolute atomic E-state index is 11.7. The molecule has 0 aromatic carbocycles. The van der Waals surface area contributed by atoms with E-state index in [0.29, 0.717) is 0 Å². The normalized spacial score (nSPS) is 11.6. The van der Waals surface area contributed by atoms with E-state index in [9.17, 15) is 18.0 Å². The molecule has 0 atom stereocenters. The summed E-state index contributed by atoms with van der Waals surface area (Å²) >= 11 is 0. The number of hydrogen-bond donors (Lipinski definition) is 1. The number of amides is 1. The summed E-state index contributed by atoms with van der Waals surface area (Å²) in [6.45, 7) is -0.420. The van der Waals surface area contributed by atoms with E-state index < -0.39 is 25.0 Å². The number of aryl methyl sites for hydroxylation is 1. The van der Waals surface area contributed by atoms with Crippen LogP contribution in [0.5, 0.6) is 0 Å². The van der Waals surface area contributed by atoms with Crippen molar-refractivity contribution in [2.75, 3.05) is 0 Å². The fraction of sp³-hybridized carbons (Fsp3) is 0.500. The highest BCUT2D eigenvalue weighted by atomic mass is 19.4. The number of halogens is 3. The van der Waals surface area contributed by atoms with E-state index in [2.05, 4.69) is 10.2 Å². The third kappa shape index (κ3) is 3.04. The maximum atomic E-state index is 11.7. The number of primary amides is 1. The first kappa shape index (κ1) is 10.5. The molecule has 0 bridgehead atoms. The van der Waals surface area contributed by atoms with Crippen molar-refractivity contribution in [1.29, 1.82) is 0 Å². The Morgan fingerprint density at radius 3 is 2.64 bits per heavy atom. The standard InChI is InChI=1S/C6H7F3N4O/c7-6(8,9)1-2-13-11-3-4(12-13)5(10)14/h3H,1-2H2,(H2,10,14). The minimum absolute atomic E-state index is 0.146. The van der Waals surface area contributed by atoms with Gasteiger partial charge in [0, 0.05) is 0 Å². The van der Waals surface area contributed by atoms with Gasteiger partial charge in [-0.2, -0.15) is 23.1 Å². The Labute approximate surface area is 76.7 Å². The Balaban J connectivity index is 2.56. The van der Waals surface area contributed by atoms with Crippen LogP contribution in [0.4, 0.5) is 13.2 Å². The highest BCUT2D eigenvalue weighted by molar-refractivity contribution is 5.90. The molecule has 1 rings (SSSR count). The summed E-state index contributed by atoms with van der Waals surface area (Å²) in [5, 5.41) is 6.89. The Bertz CT molecular complexity index is 332. The quantitative estimate of drug-likeness (QED) is 0.777. The topological polar surface area (TPSA) is 73.8 Å². The molecule has 0 aliphatic carbocycles. The Morgan fingerprint density at radius 1 is 1.57 bits per heavy atom. The zero-order valence-electron chi connectivity index (χ0n) is 6.95. The third-order valence-corrected chi connectivity index (χ3v) is 1.38. The van der Waals surface area contributed by atoms with Crippen molar-refractivity contribution in [3.8, 4) is 0 Å². The van der Waals surface area contributed by atoms with Gasteiger partial charge in [0.05, 0.1) is 19.2 Å². The van der Waals surface area contributed by atoms with Crippen molar-refractivity contribution in [2.24, 2.45) is 5.73 Å². The van der Waals surface area contributed by atoms with Gasteiger partial charge in [0.2, 0.25) is 0 Å². The number of aromatic nitrogens is 3. The molecular formula is C6H7F3N4O. The largest absolute Gasteiger partial charge is 0.390 e. The lowest BCUT2D eigenvalue weighted by Gasteiger charge is -2.04. The third-order valence-electron chi connectivity index (χ3n) is 1.38. The molecule has 0 aliphatic heterocycles. The molecule has 0 unspecified atom stereocenters. The maximum Gasteiger partial charge on any atom is 0.390 e. The summed E-state index contributed by atoms with van der Waals surface area (Å²) in [6.07, 6.45) is -4.28. The summed E-state index contributed by atoms with van der Waals surface area (Å²) in [7, 11) is 0. The van der Waals surface area contributed by atoms with Crippen molar-refractivity contribution in [3.05, 3.63) is 11.9 Å². The Kier molecular flexibility index (Phi) is 2.73. The highest BCUT2D eigenvalue weighted by Crippen LogP contribution is 2.19. The predicted octanol–water partition coefficient (Wildman–Crippen LogP) is 0.329. The molecule has 14 heavy (non-hydrogen) atoms. The number of carbonyl (C=O) groups is 1. The van der Waals surface area contributed by atoms with Gasteiger partial charge in [-0.05, 0) is 0 Å². The van der Waals surface area contributed by atoms with Crippen LogP contribution in [0, 0.1) is 0 Å². The van der Waals surface area contributed by atoms with Crippen molar-refractivity contribution < 1.29 is 18.0 Å². The summed E-state index contributed by atoms with van der Waals surface area (Å²) in [6, 6.07) is 0. The minimum atomic E-state index is -4.26. The van der Waals surface area contributed by atoms with Gasteiger partial charge in [0.1, 0.15) is 0 Å². The van der Waals surface area contributed by atoms with Crippen molar-refractivity contribution in [1.82, 2.24) is 15.0 Å². The van der Waals surface area contributed by atoms with E-state index in [4.69, 9.17) is 5.73 Å². The van der Waals surface area contributed by atoms with E-state index >= 15 is 0 Å². The van der Waals surface area contributed by atoms with Crippen LogP contribution < -0.4 is 5.73 Å². The smallest absolute Gasteiger partial charge is 0.364 e. The highest BCUT2D eigenvalue weighted by Gasteiger charge is 2.27. The Hall–Kier alpha value is -1.60. The second-order valence-electron chi connectivity index (χ2n) is 2.56. The Morgan fingerprint density at radius 2 is 2.21 bits per heavy atom. The molecule has 0 aliphatic rings. The van der Waals surface area contributed by atoms with E-state index in [1.807, 2.05) is 0 Å². The molecule has 1 amide bonds. The fourth-order valence-electron chi connectivity index (χ4n) is 0.745. The number of alkyl halides is 3. The van der Waals surface area contributed by atoms with Gasteiger partial charge in [-0.3, -0.25) is 4.79 Å². The van der Waals surface area contributed by atoms with Gasteiger partial charge in [-0.25, -0.2) is 0 Å². The van der Waals surface area contributed by atoms with Crippen molar-refractivity contribution in [3.63, 3.8) is 0 Å². The molecule has 78 valence electrons. The number of nitrogens with two attached hydrogens (primary N) is 1. The molecule has 2 N–H and O–H groups in total. The van der Waals surface area contributed by atoms with E-state index in [1.165, 1.54) is 0 Å². The number of carbonyl (C=O) groups excluding carboxylic acids is 1. The molecule has 0 fully saturated rings. The number of rotatable bonds is 3. The molecule has 1 aromatic rings. The lowest BCUT2D eigenvalue weighted by atomic mass is 10.4. The molecule has 5 nitrogen and oxygen atoms in total. The van der Waals surface area contributed by atoms with Crippen LogP contribution in [0.2, 0.25) is 0 Å². The van der Waals surface area contributed by atoms with Crippen LogP contribution in [-0.4, -0.2) is 27.1 Å². The lowest BCUT2D eigenvalue weighted by Crippen LogP contribution is -2.15. The van der Waals surface area contributed by atoms with E-state index in [0.717, 1.165) is 11.0 Å². The molecule has 0 spiro atoms. The van der Waals surface area contributed by atoms with Crippen LogP contribution in [-0.2, 0) is 6.54 Å². The molecule has 8 heteroatoms. The average molecular weight is 208 g/mol. The molecule has 0 radical (unpaired) electrons. The molecule has 1 heterocycles. The zero-order valence-corrected chi connectivity index (χ0v) is 6.95. The molecule has 0 saturated heterocycles. The van der Waals surface area contributed by atoms with Crippen LogP contribution in [0.25, 0.3) is 0 Å². The summed E-state index contributed by atoms with van der Waals surface area (Å²) in [5.41, 5.74) is 4.69. The summed E-state index contributed by atoms with van der Waals surface area (Å²) in [4.78, 5) is 11.3. The van der Waals surface area contributed by atoms with Gasteiger partial charge in [0.15, 0.2) is 5.69 Å². The van der Waals surface area contributed by atoms with Gasteiger partial charge >= 0.3 is 6.18 Å². The second kappa shape index (κ2) is 3.64. The molecule has 0 saturated carbocycles. The van der Waals surface area contributed by atoms with Crippen molar-refractivity contribution >= 4 is 5.91 Å². The average Bonchev–Trinajstić information content (AvgIpc) is 2.47. The van der Waals surface area contributed by atoms with Gasteiger partial charge < -0.3 is 5.73 Å². The van der Waals surface area contributed by atoms with Gasteiger partial charge in [-0.15, -0.1) is 5.10 Å². The molecular weight excluding hydrogens is 201 g/mol. The van der Waals surface area contributed by atoms with Gasteiger partial charge in [-0.1, -0.05) is 0 Å². The van der Waals surface area contributed by atoms with Crippen LogP contribution in [0.1, 0.15) is 16.9 Å². The first-order valence-corrected chi connectivity index (χ1v) is 3.65. The van der Waals surface area contributed by atoms with Crippen LogP contribution in [0.3, 0.4) is 0 Å². The van der Waals surface area contributed by atoms with Crippen LogP contribution >= 0.6 is 0 Å². The number of nitrogens with zero attached hydrogens (tertiary/aromatic N) is 3. The van der Waals surface area contributed by atoms with E-state index in [-0.39, 0.29) is 5.69 Å².